The summed E-state index contributed by atoms with van der Waals surface area (Å²) in [7, 11) is 0. The molecule has 2 rings (SSSR count). The minimum atomic E-state index is -0.939. The molecule has 0 aliphatic carbocycles. The van der Waals surface area contributed by atoms with Crippen molar-refractivity contribution >= 4 is 11.9 Å². The number of benzene rings is 1. The van der Waals surface area contributed by atoms with E-state index in [0.29, 0.717) is 25.9 Å². The van der Waals surface area contributed by atoms with E-state index in [9.17, 15) is 9.59 Å². The molecule has 1 unspecified atom stereocenters. The third kappa shape index (κ3) is 2.36. The molecule has 1 saturated heterocycles. The van der Waals surface area contributed by atoms with Crippen molar-refractivity contribution in [1.82, 2.24) is 4.90 Å². The number of hydrogen-bond acceptors (Lipinski definition) is 3. The van der Waals surface area contributed by atoms with E-state index in [0.717, 1.165) is 11.1 Å². The Labute approximate surface area is 105 Å². The number of carbonyl (C=O) groups is 2. The summed E-state index contributed by atoms with van der Waals surface area (Å²) in [6.07, 6.45) is 0.695. The van der Waals surface area contributed by atoms with Crippen LogP contribution in [0.3, 0.4) is 0 Å². The first-order chi connectivity index (χ1) is 8.63. The minimum absolute atomic E-state index is 0.103. The number of carboxylic acid groups (broad SMARTS) is 1. The summed E-state index contributed by atoms with van der Waals surface area (Å²) >= 11 is 0. The number of carbonyl (C=O) groups excluding carboxylic acids is 1. The number of likely N-dealkylation sites (tertiary alicyclic amines) is 1. The van der Waals surface area contributed by atoms with Crippen LogP contribution in [0.15, 0.2) is 24.3 Å². The molecule has 5 nitrogen and oxygen atoms in total. The number of nitrogens with zero attached hydrogens (tertiary/aromatic N) is 1. The molecule has 18 heavy (non-hydrogen) atoms. The van der Waals surface area contributed by atoms with Crippen molar-refractivity contribution in [2.75, 3.05) is 0 Å². The number of rotatable bonds is 4. The van der Waals surface area contributed by atoms with Gasteiger partial charge in [-0.3, -0.25) is 4.79 Å². The van der Waals surface area contributed by atoms with Crippen molar-refractivity contribution in [2.24, 2.45) is 5.73 Å². The Morgan fingerprint density at radius 2 is 2.06 bits per heavy atom. The van der Waals surface area contributed by atoms with Gasteiger partial charge in [0.2, 0.25) is 5.91 Å². The monoisotopic (exact) mass is 248 g/mol. The molecule has 1 aliphatic heterocycles. The number of carboxylic acids is 1. The second kappa shape index (κ2) is 5.18. The maximum atomic E-state index is 11.7. The quantitative estimate of drug-likeness (QED) is 0.822. The van der Waals surface area contributed by atoms with E-state index in [2.05, 4.69) is 0 Å². The molecule has 0 aromatic heterocycles. The Morgan fingerprint density at radius 1 is 1.39 bits per heavy atom. The van der Waals surface area contributed by atoms with Gasteiger partial charge in [0.1, 0.15) is 6.04 Å². The van der Waals surface area contributed by atoms with Crippen LogP contribution < -0.4 is 5.73 Å². The molecule has 1 aromatic carbocycles. The fourth-order valence-corrected chi connectivity index (χ4v) is 2.28. The molecule has 0 radical (unpaired) electrons. The SMILES string of the molecule is NCc1ccccc1CN1C(=O)CCC1C(=O)O. The predicted molar refractivity (Wildman–Crippen MR) is 65.5 cm³/mol. The van der Waals surface area contributed by atoms with Gasteiger partial charge < -0.3 is 15.7 Å². The van der Waals surface area contributed by atoms with E-state index in [1.165, 1.54) is 4.90 Å². The largest absolute Gasteiger partial charge is 0.480 e. The van der Waals surface area contributed by atoms with Crippen LogP contribution in [0.1, 0.15) is 24.0 Å². The maximum Gasteiger partial charge on any atom is 0.326 e. The lowest BCUT2D eigenvalue weighted by Crippen LogP contribution is -2.38. The topological polar surface area (TPSA) is 83.6 Å². The van der Waals surface area contributed by atoms with E-state index in [-0.39, 0.29) is 5.91 Å². The predicted octanol–water partition coefficient (Wildman–Crippen LogP) is 0.721. The molecular formula is C13H16N2O3. The highest BCUT2D eigenvalue weighted by Gasteiger charge is 2.35. The molecule has 0 spiro atoms. The van der Waals surface area contributed by atoms with Crippen molar-refractivity contribution in [2.45, 2.75) is 32.0 Å². The lowest BCUT2D eigenvalue weighted by atomic mass is 10.1. The van der Waals surface area contributed by atoms with Crippen molar-refractivity contribution in [3.8, 4) is 0 Å². The van der Waals surface area contributed by atoms with E-state index in [1.54, 1.807) is 0 Å². The Morgan fingerprint density at radius 3 is 2.67 bits per heavy atom. The van der Waals surface area contributed by atoms with E-state index >= 15 is 0 Å². The highest BCUT2D eigenvalue weighted by Crippen LogP contribution is 2.22. The fraction of sp³-hybridized carbons (Fsp3) is 0.385. The van der Waals surface area contributed by atoms with Crippen LogP contribution in [0.5, 0.6) is 0 Å². The average Bonchev–Trinajstić information content (AvgIpc) is 2.72. The summed E-state index contributed by atoms with van der Waals surface area (Å²) in [6, 6.07) is 6.82. The van der Waals surface area contributed by atoms with Crippen LogP contribution in [0, 0.1) is 0 Å². The van der Waals surface area contributed by atoms with Crippen LogP contribution >= 0.6 is 0 Å². The normalized spacial score (nSPS) is 19.3. The number of hydrogen-bond donors (Lipinski definition) is 2. The van der Waals surface area contributed by atoms with Crippen LogP contribution in [-0.4, -0.2) is 27.9 Å². The first-order valence-electron chi connectivity index (χ1n) is 5.92. The number of aliphatic carboxylic acids is 1. The fourth-order valence-electron chi connectivity index (χ4n) is 2.28. The third-order valence-corrected chi connectivity index (χ3v) is 3.29. The minimum Gasteiger partial charge on any atom is -0.480 e. The van der Waals surface area contributed by atoms with Gasteiger partial charge in [-0.2, -0.15) is 0 Å². The average molecular weight is 248 g/mol. The molecule has 0 saturated carbocycles. The lowest BCUT2D eigenvalue weighted by molar-refractivity contribution is -0.146. The van der Waals surface area contributed by atoms with Gasteiger partial charge in [0.25, 0.3) is 0 Å². The summed E-state index contributed by atoms with van der Waals surface area (Å²) in [4.78, 5) is 24.2. The second-order valence-electron chi connectivity index (χ2n) is 4.39. The van der Waals surface area contributed by atoms with Gasteiger partial charge >= 0.3 is 5.97 Å². The molecule has 5 heteroatoms. The lowest BCUT2D eigenvalue weighted by Gasteiger charge is -2.22. The highest BCUT2D eigenvalue weighted by atomic mass is 16.4. The Bertz CT molecular complexity index is 473. The molecule has 1 amide bonds. The molecule has 1 aliphatic rings. The standard InChI is InChI=1S/C13H16N2O3/c14-7-9-3-1-2-4-10(9)8-15-11(13(17)18)5-6-12(15)16/h1-4,11H,5-8,14H2,(H,17,18). The van der Waals surface area contributed by atoms with Gasteiger partial charge in [-0.25, -0.2) is 4.79 Å². The van der Waals surface area contributed by atoms with Gasteiger partial charge in [0.15, 0.2) is 0 Å². The van der Waals surface area contributed by atoms with E-state index in [4.69, 9.17) is 10.8 Å². The molecular weight excluding hydrogens is 232 g/mol. The van der Waals surface area contributed by atoms with Gasteiger partial charge in [-0.15, -0.1) is 0 Å². The Kier molecular flexibility index (Phi) is 3.62. The smallest absolute Gasteiger partial charge is 0.326 e. The van der Waals surface area contributed by atoms with Gasteiger partial charge in [-0.1, -0.05) is 24.3 Å². The zero-order valence-corrected chi connectivity index (χ0v) is 10.0. The van der Waals surface area contributed by atoms with Crippen LogP contribution in [0.2, 0.25) is 0 Å². The second-order valence-corrected chi connectivity index (χ2v) is 4.39. The zero-order chi connectivity index (χ0) is 13.1. The maximum absolute atomic E-state index is 11.7. The molecule has 0 bridgehead atoms. The molecule has 3 N–H and O–H groups in total. The Hall–Kier alpha value is -1.88. The van der Waals surface area contributed by atoms with Crippen LogP contribution in [0.25, 0.3) is 0 Å². The van der Waals surface area contributed by atoms with Crippen molar-refractivity contribution in [1.29, 1.82) is 0 Å². The van der Waals surface area contributed by atoms with Gasteiger partial charge in [0.05, 0.1) is 0 Å². The molecule has 1 atom stereocenters. The van der Waals surface area contributed by atoms with Crippen LogP contribution in [0.4, 0.5) is 0 Å². The van der Waals surface area contributed by atoms with Crippen LogP contribution in [-0.2, 0) is 22.7 Å². The zero-order valence-electron chi connectivity index (χ0n) is 10.0. The third-order valence-electron chi connectivity index (χ3n) is 3.29. The first-order valence-corrected chi connectivity index (χ1v) is 5.92. The summed E-state index contributed by atoms with van der Waals surface area (Å²) in [5.74, 6) is -1.04. The summed E-state index contributed by atoms with van der Waals surface area (Å²) < 4.78 is 0. The van der Waals surface area contributed by atoms with E-state index in [1.807, 2.05) is 24.3 Å². The molecule has 96 valence electrons. The number of amides is 1. The molecule has 1 aromatic rings. The summed E-state index contributed by atoms with van der Waals surface area (Å²) in [5, 5.41) is 9.09. The molecule has 1 fully saturated rings. The molecule has 1 heterocycles. The first kappa shape index (κ1) is 12.6. The Balaban J connectivity index is 2.21. The van der Waals surface area contributed by atoms with Gasteiger partial charge in [-0.05, 0) is 17.5 Å². The highest BCUT2D eigenvalue weighted by molar-refractivity contribution is 5.87. The van der Waals surface area contributed by atoms with Crippen molar-refractivity contribution in [3.05, 3.63) is 35.4 Å². The summed E-state index contributed by atoms with van der Waals surface area (Å²) in [6.45, 7) is 0.707. The number of nitrogens with two attached hydrogens (primary N) is 1. The summed E-state index contributed by atoms with van der Waals surface area (Å²) in [5.41, 5.74) is 7.50. The van der Waals surface area contributed by atoms with E-state index < -0.39 is 12.0 Å². The van der Waals surface area contributed by atoms with Crippen molar-refractivity contribution in [3.63, 3.8) is 0 Å². The van der Waals surface area contributed by atoms with Gasteiger partial charge in [0, 0.05) is 19.5 Å². The van der Waals surface area contributed by atoms with Crippen molar-refractivity contribution < 1.29 is 14.7 Å².